The number of ether oxygens (including phenoxy) is 1. The summed E-state index contributed by atoms with van der Waals surface area (Å²) in [7, 11) is 0. The molecule has 1 aromatic heterocycles. The van der Waals surface area contributed by atoms with E-state index in [0.29, 0.717) is 17.0 Å². The predicted octanol–water partition coefficient (Wildman–Crippen LogP) is 2.76. The molecule has 5 rings (SSSR count). The zero-order chi connectivity index (χ0) is 22.3. The molecule has 2 saturated heterocycles. The molecular weight excluding hydrogens is 404 g/mol. The van der Waals surface area contributed by atoms with E-state index in [2.05, 4.69) is 46.4 Å². The fourth-order valence-corrected chi connectivity index (χ4v) is 5.13. The lowest BCUT2D eigenvalue weighted by atomic mass is 9.76. The number of carbonyl (C=O) groups excluding carboxylic acids is 1. The highest BCUT2D eigenvalue weighted by molar-refractivity contribution is 5.99. The first-order valence-electron chi connectivity index (χ1n) is 11.6. The average Bonchev–Trinajstić information content (AvgIpc) is 2.74. The van der Waals surface area contributed by atoms with Crippen LogP contribution in [-0.2, 0) is 4.74 Å². The summed E-state index contributed by atoms with van der Waals surface area (Å²) in [5.74, 6) is 0.0363. The number of aliphatic hydroxyl groups excluding tert-OH is 1. The molecule has 0 unspecified atom stereocenters. The summed E-state index contributed by atoms with van der Waals surface area (Å²) in [4.78, 5) is 19.6. The van der Waals surface area contributed by atoms with E-state index in [1.807, 2.05) is 6.07 Å². The number of nitrogen functional groups attached to an aromatic ring is 1. The molecular formula is C25H32N4O3. The smallest absolute Gasteiger partial charge is 0.255 e. The minimum Gasteiger partial charge on any atom is -0.393 e. The maximum atomic E-state index is 12.8. The van der Waals surface area contributed by atoms with Gasteiger partial charge in [-0.05, 0) is 49.8 Å². The Morgan fingerprint density at radius 1 is 1.19 bits per heavy atom. The van der Waals surface area contributed by atoms with Gasteiger partial charge in [-0.25, -0.2) is 4.98 Å². The van der Waals surface area contributed by atoms with Gasteiger partial charge in [0.05, 0.1) is 24.9 Å². The van der Waals surface area contributed by atoms with Crippen LogP contribution in [0.4, 0.5) is 5.82 Å². The number of benzene rings is 1. The van der Waals surface area contributed by atoms with Crippen LogP contribution in [0.15, 0.2) is 36.5 Å². The first-order valence-corrected chi connectivity index (χ1v) is 11.6. The monoisotopic (exact) mass is 436 g/mol. The van der Waals surface area contributed by atoms with Gasteiger partial charge in [0.2, 0.25) is 0 Å². The Labute approximate surface area is 189 Å². The molecule has 1 spiro atoms. The Balaban J connectivity index is 1.26. The summed E-state index contributed by atoms with van der Waals surface area (Å²) in [5, 5.41) is 12.7. The van der Waals surface area contributed by atoms with Gasteiger partial charge in [0.1, 0.15) is 5.82 Å². The van der Waals surface area contributed by atoms with E-state index in [4.69, 9.17) is 10.5 Å². The molecule has 1 aromatic carbocycles. The molecule has 7 nitrogen and oxygen atoms in total. The lowest BCUT2D eigenvalue weighted by Gasteiger charge is -2.57. The molecule has 1 saturated carbocycles. The molecule has 0 radical (unpaired) electrons. The zero-order valence-electron chi connectivity index (χ0n) is 18.6. The lowest BCUT2D eigenvalue weighted by Crippen LogP contribution is -2.66. The quantitative estimate of drug-likeness (QED) is 0.666. The van der Waals surface area contributed by atoms with E-state index < -0.39 is 0 Å². The predicted molar refractivity (Wildman–Crippen MR) is 123 cm³/mol. The number of hydrogen-bond acceptors (Lipinski definition) is 6. The van der Waals surface area contributed by atoms with Crippen LogP contribution >= 0.6 is 0 Å². The van der Waals surface area contributed by atoms with Crippen LogP contribution < -0.4 is 11.1 Å². The standard InChI is InChI=1S/C25H32N4O3/c1-16(29-12-25(13-29)14-32-15-25)17-2-4-18(5-3-17)19-10-22(23(26)27-11-19)24(31)28-20-6-8-21(30)9-7-20/h2-5,10-11,16,20-21,30H,6-9,12-15H2,1H3,(H2,26,27)(H,28,31)/t16-,20?,21?/m0/s1. The summed E-state index contributed by atoms with van der Waals surface area (Å²) < 4.78 is 5.38. The summed E-state index contributed by atoms with van der Waals surface area (Å²) in [6.07, 6.45) is 4.47. The van der Waals surface area contributed by atoms with Crippen LogP contribution in [0.3, 0.4) is 0 Å². The minimum atomic E-state index is -0.252. The van der Waals surface area contributed by atoms with Crippen molar-refractivity contribution in [1.82, 2.24) is 15.2 Å². The maximum absolute atomic E-state index is 12.8. The third-order valence-corrected chi connectivity index (χ3v) is 7.36. The number of nitrogens with zero attached hydrogens (tertiary/aromatic N) is 2. The Bertz CT molecular complexity index is 973. The molecule has 2 aliphatic heterocycles. The first-order chi connectivity index (χ1) is 15.4. The Hall–Kier alpha value is -2.48. The van der Waals surface area contributed by atoms with Crippen molar-refractivity contribution in [2.75, 3.05) is 32.0 Å². The highest BCUT2D eigenvalue weighted by atomic mass is 16.5. The molecule has 3 heterocycles. The highest BCUT2D eigenvalue weighted by Crippen LogP contribution is 2.42. The van der Waals surface area contributed by atoms with Gasteiger partial charge in [0.25, 0.3) is 5.91 Å². The van der Waals surface area contributed by atoms with Gasteiger partial charge in [-0.3, -0.25) is 9.69 Å². The molecule has 170 valence electrons. The fourth-order valence-electron chi connectivity index (χ4n) is 5.13. The Morgan fingerprint density at radius 3 is 2.50 bits per heavy atom. The van der Waals surface area contributed by atoms with Gasteiger partial charge in [-0.15, -0.1) is 0 Å². The highest BCUT2D eigenvalue weighted by Gasteiger charge is 2.50. The van der Waals surface area contributed by atoms with Gasteiger partial charge < -0.3 is 20.9 Å². The molecule has 2 aromatic rings. The number of nitrogens with two attached hydrogens (primary N) is 1. The van der Waals surface area contributed by atoms with Crippen molar-refractivity contribution < 1.29 is 14.6 Å². The van der Waals surface area contributed by atoms with Crippen LogP contribution in [0.5, 0.6) is 0 Å². The van der Waals surface area contributed by atoms with Gasteiger partial charge >= 0.3 is 0 Å². The average molecular weight is 437 g/mol. The SMILES string of the molecule is C[C@@H](c1ccc(-c2cnc(N)c(C(=O)NC3CCC(O)CC3)c2)cc1)N1CC2(COC2)C1. The molecule has 7 heteroatoms. The Kier molecular flexibility index (Phi) is 5.65. The topological polar surface area (TPSA) is 101 Å². The second kappa shape index (κ2) is 8.46. The number of anilines is 1. The molecule has 3 fully saturated rings. The minimum absolute atomic E-state index is 0.0712. The normalized spacial score (nSPS) is 25.6. The van der Waals surface area contributed by atoms with Crippen LogP contribution in [0.2, 0.25) is 0 Å². The number of pyridine rings is 1. The molecule has 0 bridgehead atoms. The van der Waals surface area contributed by atoms with Crippen molar-refractivity contribution in [3.8, 4) is 11.1 Å². The zero-order valence-corrected chi connectivity index (χ0v) is 18.6. The number of nitrogens with one attached hydrogen (secondary N) is 1. The first kappa shape index (κ1) is 21.4. The largest absolute Gasteiger partial charge is 0.393 e. The van der Waals surface area contributed by atoms with Gasteiger partial charge in [-0.2, -0.15) is 0 Å². The van der Waals surface area contributed by atoms with E-state index in [9.17, 15) is 9.90 Å². The van der Waals surface area contributed by atoms with Gasteiger partial charge in [-0.1, -0.05) is 24.3 Å². The number of amides is 1. The van der Waals surface area contributed by atoms with Crippen molar-refractivity contribution >= 4 is 11.7 Å². The molecule has 1 atom stereocenters. The second-order valence-electron chi connectivity index (χ2n) is 9.83. The fraction of sp³-hybridized carbons (Fsp3) is 0.520. The van der Waals surface area contributed by atoms with Crippen LogP contribution in [0, 0.1) is 5.41 Å². The summed E-state index contributed by atoms with van der Waals surface area (Å²) in [5.41, 5.74) is 10.0. The maximum Gasteiger partial charge on any atom is 0.255 e. The van der Waals surface area contributed by atoms with E-state index in [0.717, 1.165) is 63.1 Å². The van der Waals surface area contributed by atoms with Gasteiger partial charge in [0, 0.05) is 42.3 Å². The van der Waals surface area contributed by atoms with Crippen LogP contribution in [-0.4, -0.2) is 59.3 Å². The number of rotatable bonds is 5. The van der Waals surface area contributed by atoms with Crippen LogP contribution in [0.25, 0.3) is 11.1 Å². The number of hydrogen-bond donors (Lipinski definition) is 3. The Morgan fingerprint density at radius 2 is 1.88 bits per heavy atom. The van der Waals surface area contributed by atoms with E-state index in [1.165, 1.54) is 5.56 Å². The molecule has 1 aliphatic carbocycles. The van der Waals surface area contributed by atoms with Crippen molar-refractivity contribution in [3.05, 3.63) is 47.7 Å². The van der Waals surface area contributed by atoms with Gasteiger partial charge in [0.15, 0.2) is 0 Å². The van der Waals surface area contributed by atoms with Crippen molar-refractivity contribution in [2.45, 2.75) is 50.8 Å². The molecule has 3 aliphatic rings. The third-order valence-electron chi connectivity index (χ3n) is 7.36. The molecule has 32 heavy (non-hydrogen) atoms. The van der Waals surface area contributed by atoms with Crippen molar-refractivity contribution in [3.63, 3.8) is 0 Å². The van der Waals surface area contributed by atoms with Crippen molar-refractivity contribution in [1.29, 1.82) is 0 Å². The molecule has 1 amide bonds. The van der Waals surface area contributed by atoms with Crippen LogP contribution in [0.1, 0.15) is 54.6 Å². The number of carbonyl (C=O) groups is 1. The number of aromatic nitrogens is 1. The molecule has 4 N–H and O–H groups in total. The van der Waals surface area contributed by atoms with E-state index >= 15 is 0 Å². The summed E-state index contributed by atoms with van der Waals surface area (Å²) in [6.45, 7) is 6.27. The summed E-state index contributed by atoms with van der Waals surface area (Å²) in [6, 6.07) is 10.8. The number of aliphatic hydroxyl groups is 1. The van der Waals surface area contributed by atoms with Crippen molar-refractivity contribution in [2.24, 2.45) is 5.41 Å². The lowest BCUT2D eigenvalue weighted by molar-refractivity contribution is -0.197. The second-order valence-corrected chi connectivity index (χ2v) is 9.83. The number of likely N-dealkylation sites (tertiary alicyclic amines) is 1. The van der Waals surface area contributed by atoms with E-state index in [1.54, 1.807) is 6.20 Å². The summed E-state index contributed by atoms with van der Waals surface area (Å²) >= 11 is 0. The van der Waals surface area contributed by atoms with E-state index in [-0.39, 0.29) is 23.9 Å². The third kappa shape index (κ3) is 4.12.